The van der Waals surface area contributed by atoms with E-state index in [4.69, 9.17) is 9.47 Å². The molecule has 1 N–H and O–H groups in total. The molecule has 0 radical (unpaired) electrons. The molecule has 106 valence electrons. The highest BCUT2D eigenvalue weighted by Crippen LogP contribution is 2.31. The van der Waals surface area contributed by atoms with Gasteiger partial charge in [0.2, 0.25) is 0 Å². The Labute approximate surface area is 116 Å². The number of hydrogen-bond donors (Lipinski definition) is 1. The van der Waals surface area contributed by atoms with Crippen LogP contribution >= 0.6 is 0 Å². The normalized spacial score (nSPS) is 18.5. The van der Waals surface area contributed by atoms with Crippen molar-refractivity contribution in [2.24, 2.45) is 5.92 Å². The second-order valence-corrected chi connectivity index (χ2v) is 5.46. The number of hydrogen-bond acceptors (Lipinski definition) is 3. The second-order valence-electron chi connectivity index (χ2n) is 5.46. The maximum absolute atomic E-state index is 5.78. The van der Waals surface area contributed by atoms with Crippen LogP contribution in [-0.4, -0.2) is 26.4 Å². The summed E-state index contributed by atoms with van der Waals surface area (Å²) in [5.74, 6) is 1.60. The molecule has 1 fully saturated rings. The largest absolute Gasteiger partial charge is 0.491 e. The van der Waals surface area contributed by atoms with Crippen molar-refractivity contribution in [3.63, 3.8) is 0 Å². The summed E-state index contributed by atoms with van der Waals surface area (Å²) in [5.41, 5.74) is 1.31. The molecule has 19 heavy (non-hydrogen) atoms. The van der Waals surface area contributed by atoms with Gasteiger partial charge in [0.25, 0.3) is 0 Å². The van der Waals surface area contributed by atoms with Crippen molar-refractivity contribution in [2.45, 2.75) is 38.8 Å². The van der Waals surface area contributed by atoms with E-state index < -0.39 is 0 Å². The molecule has 1 saturated heterocycles. The molecule has 0 bridgehead atoms. The molecule has 3 heteroatoms. The molecule has 1 unspecified atom stereocenters. The molecule has 0 aliphatic carbocycles. The molecule has 1 heterocycles. The number of ether oxygens (including phenoxy) is 2. The zero-order chi connectivity index (χ0) is 13.7. The van der Waals surface area contributed by atoms with Crippen molar-refractivity contribution in [1.29, 1.82) is 0 Å². The third-order valence-electron chi connectivity index (χ3n) is 3.64. The Morgan fingerprint density at radius 3 is 2.63 bits per heavy atom. The van der Waals surface area contributed by atoms with Crippen molar-refractivity contribution in [1.82, 2.24) is 5.32 Å². The maximum Gasteiger partial charge on any atom is 0.120 e. The first-order valence-electron chi connectivity index (χ1n) is 7.22. The SMILES string of the molecule is CNC(c1cccc(OC(C)C)c1)C1CCOCC1. The zero-order valence-corrected chi connectivity index (χ0v) is 12.2. The summed E-state index contributed by atoms with van der Waals surface area (Å²) >= 11 is 0. The van der Waals surface area contributed by atoms with Crippen molar-refractivity contribution >= 4 is 0 Å². The summed E-state index contributed by atoms with van der Waals surface area (Å²) in [7, 11) is 2.04. The standard InChI is InChI=1S/C16H25NO2/c1-12(2)19-15-6-4-5-14(11-15)16(17-3)13-7-9-18-10-8-13/h4-6,11-13,16-17H,7-10H2,1-3H3. The average molecular weight is 263 g/mol. The van der Waals surface area contributed by atoms with Gasteiger partial charge in [-0.05, 0) is 57.4 Å². The summed E-state index contributed by atoms with van der Waals surface area (Å²) in [5, 5.41) is 3.46. The molecule has 3 nitrogen and oxygen atoms in total. The third-order valence-corrected chi connectivity index (χ3v) is 3.64. The molecular weight excluding hydrogens is 238 g/mol. The average Bonchev–Trinajstić information content (AvgIpc) is 2.40. The third kappa shape index (κ3) is 3.95. The minimum atomic E-state index is 0.214. The Bertz CT molecular complexity index is 386. The number of nitrogens with one attached hydrogen (secondary N) is 1. The minimum Gasteiger partial charge on any atom is -0.491 e. The fourth-order valence-corrected chi connectivity index (χ4v) is 2.78. The van der Waals surface area contributed by atoms with Crippen LogP contribution in [0, 0.1) is 5.92 Å². The highest BCUT2D eigenvalue weighted by atomic mass is 16.5. The van der Waals surface area contributed by atoms with Gasteiger partial charge in [-0.3, -0.25) is 0 Å². The van der Waals surface area contributed by atoms with Crippen molar-refractivity contribution in [3.8, 4) is 5.75 Å². The lowest BCUT2D eigenvalue weighted by atomic mass is 9.87. The molecule has 1 aliphatic heterocycles. The molecule has 0 aromatic heterocycles. The lowest BCUT2D eigenvalue weighted by Crippen LogP contribution is -2.30. The van der Waals surface area contributed by atoms with Crippen LogP contribution in [0.3, 0.4) is 0 Å². The first kappa shape index (κ1) is 14.4. The van der Waals surface area contributed by atoms with Crippen LogP contribution in [0.4, 0.5) is 0 Å². The minimum absolute atomic E-state index is 0.214. The molecule has 0 amide bonds. The van der Waals surface area contributed by atoms with Gasteiger partial charge in [0, 0.05) is 19.3 Å². The van der Waals surface area contributed by atoms with Gasteiger partial charge >= 0.3 is 0 Å². The van der Waals surface area contributed by atoms with E-state index in [9.17, 15) is 0 Å². The molecule has 1 atom stereocenters. The van der Waals surface area contributed by atoms with Crippen LogP contribution in [-0.2, 0) is 4.74 Å². The first-order valence-corrected chi connectivity index (χ1v) is 7.22. The van der Waals surface area contributed by atoms with Gasteiger partial charge in [0.05, 0.1) is 6.10 Å². The molecule has 0 saturated carbocycles. The quantitative estimate of drug-likeness (QED) is 0.885. The number of benzene rings is 1. The van der Waals surface area contributed by atoms with Gasteiger partial charge in [-0.1, -0.05) is 12.1 Å². The Balaban J connectivity index is 2.12. The smallest absolute Gasteiger partial charge is 0.120 e. The summed E-state index contributed by atoms with van der Waals surface area (Å²) in [4.78, 5) is 0. The van der Waals surface area contributed by atoms with Gasteiger partial charge in [-0.25, -0.2) is 0 Å². The van der Waals surface area contributed by atoms with Crippen molar-refractivity contribution < 1.29 is 9.47 Å². The van der Waals surface area contributed by atoms with E-state index in [0.29, 0.717) is 12.0 Å². The van der Waals surface area contributed by atoms with E-state index in [2.05, 4.69) is 37.4 Å². The second kappa shape index (κ2) is 6.92. The molecular formula is C16H25NO2. The van der Waals surface area contributed by atoms with Crippen LogP contribution in [0.2, 0.25) is 0 Å². The fourth-order valence-electron chi connectivity index (χ4n) is 2.78. The monoisotopic (exact) mass is 263 g/mol. The van der Waals surface area contributed by atoms with Gasteiger partial charge in [-0.2, -0.15) is 0 Å². The van der Waals surface area contributed by atoms with Gasteiger partial charge in [0.1, 0.15) is 5.75 Å². The van der Waals surface area contributed by atoms with E-state index in [0.717, 1.165) is 31.8 Å². The Morgan fingerprint density at radius 2 is 2.00 bits per heavy atom. The maximum atomic E-state index is 5.78. The van der Waals surface area contributed by atoms with E-state index in [-0.39, 0.29) is 6.10 Å². The fraction of sp³-hybridized carbons (Fsp3) is 0.625. The molecule has 2 rings (SSSR count). The summed E-state index contributed by atoms with van der Waals surface area (Å²) in [6, 6.07) is 8.84. The van der Waals surface area contributed by atoms with Gasteiger partial charge < -0.3 is 14.8 Å². The molecule has 1 aliphatic rings. The highest BCUT2D eigenvalue weighted by molar-refractivity contribution is 5.31. The van der Waals surface area contributed by atoms with Crippen molar-refractivity contribution in [3.05, 3.63) is 29.8 Å². The Hall–Kier alpha value is -1.06. The topological polar surface area (TPSA) is 30.5 Å². The van der Waals surface area contributed by atoms with E-state index in [1.54, 1.807) is 0 Å². The predicted molar refractivity (Wildman–Crippen MR) is 77.5 cm³/mol. The lowest BCUT2D eigenvalue weighted by molar-refractivity contribution is 0.0546. The number of rotatable bonds is 5. The van der Waals surface area contributed by atoms with E-state index in [1.165, 1.54) is 5.56 Å². The predicted octanol–water partition coefficient (Wildman–Crippen LogP) is 3.16. The van der Waals surface area contributed by atoms with Crippen LogP contribution in [0.5, 0.6) is 5.75 Å². The Kier molecular flexibility index (Phi) is 5.23. The van der Waals surface area contributed by atoms with Crippen molar-refractivity contribution in [2.75, 3.05) is 20.3 Å². The van der Waals surface area contributed by atoms with Gasteiger partial charge in [-0.15, -0.1) is 0 Å². The van der Waals surface area contributed by atoms with E-state index >= 15 is 0 Å². The summed E-state index contributed by atoms with van der Waals surface area (Å²) in [6.07, 6.45) is 2.47. The molecule has 1 aromatic rings. The lowest BCUT2D eigenvalue weighted by Gasteiger charge is -2.30. The van der Waals surface area contributed by atoms with Crippen LogP contribution in [0.15, 0.2) is 24.3 Å². The highest BCUT2D eigenvalue weighted by Gasteiger charge is 2.24. The molecule has 0 spiro atoms. The van der Waals surface area contributed by atoms with Crippen LogP contribution in [0.1, 0.15) is 38.3 Å². The Morgan fingerprint density at radius 1 is 1.26 bits per heavy atom. The first-order chi connectivity index (χ1) is 9.20. The van der Waals surface area contributed by atoms with Crippen LogP contribution in [0.25, 0.3) is 0 Å². The van der Waals surface area contributed by atoms with E-state index in [1.807, 2.05) is 13.1 Å². The summed E-state index contributed by atoms with van der Waals surface area (Å²) < 4.78 is 11.2. The van der Waals surface area contributed by atoms with Gasteiger partial charge in [0.15, 0.2) is 0 Å². The zero-order valence-electron chi connectivity index (χ0n) is 12.2. The van der Waals surface area contributed by atoms with Crippen LogP contribution < -0.4 is 10.1 Å². The molecule has 1 aromatic carbocycles. The summed E-state index contributed by atoms with van der Waals surface area (Å²) in [6.45, 7) is 5.87.